The van der Waals surface area contributed by atoms with Crippen molar-refractivity contribution < 1.29 is 9.90 Å². The molecule has 2 N–H and O–H groups in total. The minimum Gasteiger partial charge on any atom is -0.390 e. The van der Waals surface area contributed by atoms with Crippen LogP contribution in [0.15, 0.2) is 11.4 Å². The molecule has 1 aromatic rings. The molecule has 0 fully saturated rings. The first-order valence-corrected chi connectivity index (χ1v) is 6.10. The third-order valence-corrected chi connectivity index (χ3v) is 3.24. The van der Waals surface area contributed by atoms with Gasteiger partial charge in [0.2, 0.25) is 0 Å². The highest BCUT2D eigenvalue weighted by molar-refractivity contribution is 7.12. The smallest absolute Gasteiger partial charge is 0.262 e. The maximum atomic E-state index is 11.6. The van der Waals surface area contributed by atoms with Crippen LogP contribution in [0.3, 0.4) is 0 Å². The number of halogens is 1. The molecule has 1 amide bonds. The molecule has 0 aliphatic rings. The van der Waals surface area contributed by atoms with Crippen molar-refractivity contribution in [2.75, 3.05) is 27.2 Å². The summed E-state index contributed by atoms with van der Waals surface area (Å²) in [7, 11) is 3.72. The summed E-state index contributed by atoms with van der Waals surface area (Å²) < 4.78 is 0. The van der Waals surface area contributed by atoms with Gasteiger partial charge in [-0.15, -0.1) is 11.3 Å². The molecule has 0 aromatic carbocycles. The third kappa shape index (κ3) is 4.09. The normalized spacial score (nSPS) is 12.8. The van der Waals surface area contributed by atoms with Gasteiger partial charge in [-0.1, -0.05) is 11.6 Å². The Morgan fingerprint density at radius 2 is 2.38 bits per heavy atom. The minimum atomic E-state index is -0.572. The van der Waals surface area contributed by atoms with Crippen LogP contribution in [0.5, 0.6) is 0 Å². The van der Waals surface area contributed by atoms with Crippen LogP contribution in [-0.4, -0.2) is 49.2 Å². The van der Waals surface area contributed by atoms with Gasteiger partial charge in [0, 0.05) is 13.1 Å². The number of likely N-dealkylation sites (N-methyl/N-ethyl adjacent to an activating group) is 1. The molecule has 0 bridgehead atoms. The van der Waals surface area contributed by atoms with Crippen molar-refractivity contribution in [3.8, 4) is 0 Å². The van der Waals surface area contributed by atoms with Gasteiger partial charge < -0.3 is 15.3 Å². The van der Waals surface area contributed by atoms with Crippen LogP contribution in [0, 0.1) is 0 Å². The zero-order valence-electron chi connectivity index (χ0n) is 9.24. The van der Waals surface area contributed by atoms with Gasteiger partial charge in [-0.05, 0) is 25.5 Å². The van der Waals surface area contributed by atoms with E-state index in [0.29, 0.717) is 16.4 Å². The topological polar surface area (TPSA) is 52.6 Å². The largest absolute Gasteiger partial charge is 0.390 e. The van der Waals surface area contributed by atoms with Crippen molar-refractivity contribution in [3.05, 3.63) is 21.3 Å². The van der Waals surface area contributed by atoms with Gasteiger partial charge >= 0.3 is 0 Å². The fourth-order valence-corrected chi connectivity index (χ4v) is 2.29. The van der Waals surface area contributed by atoms with Crippen molar-refractivity contribution >= 4 is 28.8 Å². The van der Waals surface area contributed by atoms with E-state index < -0.39 is 6.10 Å². The van der Waals surface area contributed by atoms with E-state index in [1.807, 2.05) is 19.0 Å². The Bertz CT molecular complexity index is 354. The first-order chi connectivity index (χ1) is 7.50. The van der Waals surface area contributed by atoms with Gasteiger partial charge in [0.05, 0.1) is 11.1 Å². The highest BCUT2D eigenvalue weighted by Gasteiger charge is 2.13. The molecule has 1 atom stereocenters. The molecule has 90 valence electrons. The van der Waals surface area contributed by atoms with Crippen molar-refractivity contribution in [1.82, 2.24) is 10.2 Å². The Kier molecular flexibility index (Phi) is 5.21. The van der Waals surface area contributed by atoms with Gasteiger partial charge in [0.1, 0.15) is 4.88 Å². The predicted octanol–water partition coefficient (Wildman–Crippen LogP) is 1.05. The fraction of sp³-hybridized carbons (Fsp3) is 0.500. The Labute approximate surface area is 104 Å². The number of aliphatic hydroxyl groups is 1. The van der Waals surface area contributed by atoms with Gasteiger partial charge in [0.25, 0.3) is 5.91 Å². The molecule has 1 aromatic heterocycles. The summed E-state index contributed by atoms with van der Waals surface area (Å²) in [6.07, 6.45) is -0.572. The van der Waals surface area contributed by atoms with Gasteiger partial charge in [-0.2, -0.15) is 0 Å². The lowest BCUT2D eigenvalue weighted by Crippen LogP contribution is -2.37. The lowest BCUT2D eigenvalue weighted by molar-refractivity contribution is 0.0896. The SMILES string of the molecule is CN(C)CC(O)CNC(=O)c1sccc1Cl. The summed E-state index contributed by atoms with van der Waals surface area (Å²) in [5.41, 5.74) is 0. The van der Waals surface area contributed by atoms with Crippen LogP contribution < -0.4 is 5.32 Å². The number of rotatable bonds is 5. The third-order valence-electron chi connectivity index (χ3n) is 1.90. The van der Waals surface area contributed by atoms with Crippen molar-refractivity contribution in [2.45, 2.75) is 6.10 Å². The number of hydrogen-bond acceptors (Lipinski definition) is 4. The van der Waals surface area contributed by atoms with Crippen molar-refractivity contribution in [1.29, 1.82) is 0 Å². The molecular weight excluding hydrogens is 248 g/mol. The molecule has 0 radical (unpaired) electrons. The maximum Gasteiger partial charge on any atom is 0.262 e. The van der Waals surface area contributed by atoms with Gasteiger partial charge in [-0.25, -0.2) is 0 Å². The second kappa shape index (κ2) is 6.20. The van der Waals surface area contributed by atoms with Crippen molar-refractivity contribution in [2.24, 2.45) is 0 Å². The molecule has 1 rings (SSSR count). The number of carbonyl (C=O) groups is 1. The number of nitrogens with one attached hydrogen (secondary N) is 1. The molecule has 0 saturated heterocycles. The quantitative estimate of drug-likeness (QED) is 0.834. The number of hydrogen-bond donors (Lipinski definition) is 2. The summed E-state index contributed by atoms with van der Waals surface area (Å²) in [5.74, 6) is -0.238. The molecule has 1 unspecified atom stereocenters. The Morgan fingerprint density at radius 3 is 2.88 bits per heavy atom. The number of amides is 1. The molecule has 0 saturated carbocycles. The van der Waals surface area contributed by atoms with Gasteiger partial charge in [-0.3, -0.25) is 4.79 Å². The summed E-state index contributed by atoms with van der Waals surface area (Å²) >= 11 is 7.10. The molecule has 0 aliphatic carbocycles. The Balaban J connectivity index is 2.39. The van der Waals surface area contributed by atoms with E-state index in [1.165, 1.54) is 11.3 Å². The van der Waals surface area contributed by atoms with Crippen LogP contribution in [0.2, 0.25) is 5.02 Å². The molecule has 16 heavy (non-hydrogen) atoms. The van der Waals surface area contributed by atoms with E-state index >= 15 is 0 Å². The molecule has 4 nitrogen and oxygen atoms in total. The number of aliphatic hydroxyl groups excluding tert-OH is 1. The average Bonchev–Trinajstić information content (AvgIpc) is 2.60. The monoisotopic (exact) mass is 262 g/mol. The Morgan fingerprint density at radius 1 is 1.69 bits per heavy atom. The number of thiophene rings is 1. The lowest BCUT2D eigenvalue weighted by atomic mass is 10.3. The van der Waals surface area contributed by atoms with Crippen LogP contribution in [0.1, 0.15) is 9.67 Å². The minimum absolute atomic E-state index is 0.227. The molecule has 1 heterocycles. The predicted molar refractivity (Wildman–Crippen MR) is 66.2 cm³/mol. The number of nitrogens with zero attached hydrogens (tertiary/aromatic N) is 1. The average molecular weight is 263 g/mol. The van der Waals surface area contributed by atoms with E-state index in [4.69, 9.17) is 11.6 Å². The second-order valence-corrected chi connectivity index (χ2v) is 5.05. The second-order valence-electron chi connectivity index (χ2n) is 3.72. The standard InChI is InChI=1S/C10H15ClN2O2S/c1-13(2)6-7(14)5-12-10(15)9-8(11)3-4-16-9/h3-4,7,14H,5-6H2,1-2H3,(H,12,15). The van der Waals surface area contributed by atoms with E-state index in [2.05, 4.69) is 5.32 Å². The molecular formula is C10H15ClN2O2S. The number of carbonyl (C=O) groups excluding carboxylic acids is 1. The van der Waals surface area contributed by atoms with Gasteiger partial charge in [0.15, 0.2) is 0 Å². The molecule has 6 heteroatoms. The van der Waals surface area contributed by atoms with Crippen LogP contribution in [0.4, 0.5) is 0 Å². The Hall–Kier alpha value is -0.620. The van der Waals surface area contributed by atoms with Crippen molar-refractivity contribution in [3.63, 3.8) is 0 Å². The summed E-state index contributed by atoms with van der Waals surface area (Å²) in [4.78, 5) is 13.9. The first-order valence-electron chi connectivity index (χ1n) is 4.84. The van der Waals surface area contributed by atoms with Crippen LogP contribution in [-0.2, 0) is 0 Å². The van der Waals surface area contributed by atoms with E-state index in [0.717, 1.165) is 0 Å². The zero-order chi connectivity index (χ0) is 12.1. The lowest BCUT2D eigenvalue weighted by Gasteiger charge is -2.16. The van der Waals surface area contributed by atoms with E-state index in [-0.39, 0.29) is 12.5 Å². The summed E-state index contributed by atoms with van der Waals surface area (Å²) in [5, 5.41) is 14.4. The summed E-state index contributed by atoms with van der Waals surface area (Å²) in [6.45, 7) is 0.740. The highest BCUT2D eigenvalue weighted by Crippen LogP contribution is 2.21. The van der Waals surface area contributed by atoms with Crippen LogP contribution >= 0.6 is 22.9 Å². The van der Waals surface area contributed by atoms with E-state index in [1.54, 1.807) is 11.4 Å². The van der Waals surface area contributed by atoms with E-state index in [9.17, 15) is 9.90 Å². The zero-order valence-corrected chi connectivity index (χ0v) is 10.8. The first kappa shape index (κ1) is 13.4. The maximum absolute atomic E-state index is 11.6. The molecule has 0 spiro atoms. The molecule has 0 aliphatic heterocycles. The fourth-order valence-electron chi connectivity index (χ4n) is 1.23. The summed E-state index contributed by atoms with van der Waals surface area (Å²) in [6, 6.07) is 1.68. The van der Waals surface area contributed by atoms with Crippen LogP contribution in [0.25, 0.3) is 0 Å². The highest BCUT2D eigenvalue weighted by atomic mass is 35.5.